The Labute approximate surface area is 118 Å². The smallest absolute Gasteiger partial charge is 0.268 e. The predicted octanol–water partition coefficient (Wildman–Crippen LogP) is 2.29. The Kier molecular flexibility index (Phi) is 3.70. The van der Waals surface area contributed by atoms with E-state index in [-0.39, 0.29) is 15.0 Å². The number of hydrogen-bond acceptors (Lipinski definition) is 3. The van der Waals surface area contributed by atoms with Gasteiger partial charge in [-0.2, -0.15) is 4.98 Å². The third-order valence-corrected chi connectivity index (χ3v) is 3.81. The highest BCUT2D eigenvalue weighted by atomic mass is 127. The minimum atomic E-state index is -0.304. The molecule has 0 saturated heterocycles. The van der Waals surface area contributed by atoms with Crippen molar-refractivity contribution >= 4 is 22.6 Å². The fourth-order valence-corrected chi connectivity index (χ4v) is 1.94. The first kappa shape index (κ1) is 13.1. The van der Waals surface area contributed by atoms with E-state index < -0.39 is 0 Å². The zero-order valence-corrected chi connectivity index (χ0v) is 12.3. The molecule has 2 rings (SSSR count). The highest BCUT2D eigenvalue weighted by molar-refractivity contribution is 14.1. The number of aromatic amines is 1. The lowest BCUT2D eigenvalue weighted by Crippen LogP contribution is -2.14. The highest BCUT2D eigenvalue weighted by Gasteiger charge is 2.08. The maximum absolute atomic E-state index is 11.5. The molecule has 2 N–H and O–H groups in total. The van der Waals surface area contributed by atoms with Gasteiger partial charge in [-0.15, -0.1) is 0 Å². The van der Waals surface area contributed by atoms with Crippen LogP contribution in [0.1, 0.15) is 22.5 Å². The second-order valence-corrected chi connectivity index (χ2v) is 5.32. The zero-order chi connectivity index (χ0) is 13.3. The summed E-state index contributed by atoms with van der Waals surface area (Å²) in [6.45, 7) is 4.09. The molecule has 2 aromatic rings. The van der Waals surface area contributed by atoms with Gasteiger partial charge in [-0.25, -0.2) is 0 Å². The second-order valence-electron chi connectivity index (χ2n) is 4.25. The SMILES string of the molecule is Cc1ccc(Cc2nc(O)c(I)c(=O)[nH]2)cc1C. The van der Waals surface area contributed by atoms with Crippen LogP contribution in [0.2, 0.25) is 0 Å². The minimum Gasteiger partial charge on any atom is -0.492 e. The lowest BCUT2D eigenvalue weighted by molar-refractivity contribution is 0.443. The Morgan fingerprint density at radius 1 is 1.33 bits per heavy atom. The van der Waals surface area contributed by atoms with Crippen molar-refractivity contribution < 1.29 is 5.11 Å². The Morgan fingerprint density at radius 3 is 2.67 bits per heavy atom. The van der Waals surface area contributed by atoms with Crippen LogP contribution in [0.15, 0.2) is 23.0 Å². The van der Waals surface area contributed by atoms with Gasteiger partial charge >= 0.3 is 0 Å². The maximum atomic E-state index is 11.5. The molecule has 0 aliphatic carbocycles. The van der Waals surface area contributed by atoms with Gasteiger partial charge in [-0.1, -0.05) is 18.2 Å². The zero-order valence-electron chi connectivity index (χ0n) is 10.1. The van der Waals surface area contributed by atoms with Crippen LogP contribution in [0.25, 0.3) is 0 Å². The monoisotopic (exact) mass is 356 g/mol. The molecule has 18 heavy (non-hydrogen) atoms. The van der Waals surface area contributed by atoms with Crippen molar-refractivity contribution in [3.63, 3.8) is 0 Å². The van der Waals surface area contributed by atoms with Crippen molar-refractivity contribution in [3.8, 4) is 5.88 Å². The van der Waals surface area contributed by atoms with Crippen LogP contribution in [0.5, 0.6) is 5.88 Å². The summed E-state index contributed by atoms with van der Waals surface area (Å²) < 4.78 is 0.219. The van der Waals surface area contributed by atoms with Gasteiger partial charge in [0.05, 0.1) is 0 Å². The fourth-order valence-electron chi connectivity index (χ4n) is 1.68. The van der Waals surface area contributed by atoms with E-state index in [4.69, 9.17) is 0 Å². The average Bonchev–Trinajstić information content (AvgIpc) is 2.31. The molecule has 4 nitrogen and oxygen atoms in total. The second kappa shape index (κ2) is 5.09. The Balaban J connectivity index is 2.34. The molecule has 0 unspecified atom stereocenters. The van der Waals surface area contributed by atoms with Crippen molar-refractivity contribution in [2.45, 2.75) is 20.3 Å². The van der Waals surface area contributed by atoms with E-state index in [2.05, 4.69) is 23.0 Å². The fraction of sp³-hybridized carbons (Fsp3) is 0.231. The van der Waals surface area contributed by atoms with Crippen LogP contribution in [-0.2, 0) is 6.42 Å². The standard InChI is InChI=1S/C13H13IN2O2/c1-7-3-4-9(5-8(7)2)6-10-15-12(17)11(14)13(18)16-10/h3-5H,6H2,1-2H3,(H2,15,16,17,18). The molecule has 0 atom stereocenters. The van der Waals surface area contributed by atoms with Crippen LogP contribution in [-0.4, -0.2) is 15.1 Å². The van der Waals surface area contributed by atoms with Crippen molar-refractivity contribution in [1.29, 1.82) is 0 Å². The lowest BCUT2D eigenvalue weighted by atomic mass is 10.0. The molecule has 5 heteroatoms. The highest BCUT2D eigenvalue weighted by Crippen LogP contribution is 2.15. The number of halogens is 1. The molecule has 94 valence electrons. The molecule has 0 bridgehead atoms. The minimum absolute atomic E-state index is 0.210. The van der Waals surface area contributed by atoms with Crippen molar-refractivity contribution in [2.75, 3.05) is 0 Å². The summed E-state index contributed by atoms with van der Waals surface area (Å²) in [7, 11) is 0. The first-order valence-corrected chi connectivity index (χ1v) is 6.59. The number of benzene rings is 1. The molecule has 0 aliphatic heterocycles. The number of nitrogens with one attached hydrogen (secondary N) is 1. The van der Waals surface area contributed by atoms with E-state index in [0.717, 1.165) is 5.56 Å². The third-order valence-electron chi connectivity index (χ3n) is 2.84. The number of H-pyrrole nitrogens is 1. The third kappa shape index (κ3) is 2.72. The van der Waals surface area contributed by atoms with Gasteiger partial charge in [-0.3, -0.25) is 4.79 Å². The van der Waals surface area contributed by atoms with E-state index in [1.807, 2.05) is 19.1 Å². The molecule has 0 fully saturated rings. The van der Waals surface area contributed by atoms with Gasteiger partial charge < -0.3 is 10.1 Å². The van der Waals surface area contributed by atoms with E-state index in [1.54, 1.807) is 22.6 Å². The molecular formula is C13H13IN2O2. The number of rotatable bonds is 2. The van der Waals surface area contributed by atoms with E-state index >= 15 is 0 Å². The van der Waals surface area contributed by atoms with Gasteiger partial charge in [0.1, 0.15) is 9.39 Å². The molecule has 0 radical (unpaired) electrons. The first-order valence-electron chi connectivity index (χ1n) is 5.51. The molecule has 1 heterocycles. The van der Waals surface area contributed by atoms with Crippen LogP contribution in [0, 0.1) is 17.4 Å². The summed E-state index contributed by atoms with van der Waals surface area (Å²) in [5.41, 5.74) is 3.18. The Morgan fingerprint density at radius 2 is 2.06 bits per heavy atom. The lowest BCUT2D eigenvalue weighted by Gasteiger charge is -2.05. The molecule has 1 aromatic heterocycles. The summed E-state index contributed by atoms with van der Waals surface area (Å²) in [5, 5.41) is 9.52. The van der Waals surface area contributed by atoms with E-state index in [1.165, 1.54) is 11.1 Å². The summed E-state index contributed by atoms with van der Waals surface area (Å²) in [6, 6.07) is 6.09. The van der Waals surface area contributed by atoms with Crippen molar-refractivity contribution in [1.82, 2.24) is 9.97 Å². The van der Waals surface area contributed by atoms with Crippen LogP contribution < -0.4 is 5.56 Å². The van der Waals surface area contributed by atoms with E-state index in [9.17, 15) is 9.90 Å². The van der Waals surface area contributed by atoms with E-state index in [0.29, 0.717) is 12.2 Å². The van der Waals surface area contributed by atoms with Crippen LogP contribution in [0.3, 0.4) is 0 Å². The topological polar surface area (TPSA) is 66.0 Å². The number of aromatic hydroxyl groups is 1. The number of aromatic nitrogens is 2. The largest absolute Gasteiger partial charge is 0.492 e. The summed E-state index contributed by atoms with van der Waals surface area (Å²) >= 11 is 1.77. The quantitative estimate of drug-likeness (QED) is 0.812. The average molecular weight is 356 g/mol. The molecule has 1 aromatic carbocycles. The molecule has 0 aliphatic rings. The maximum Gasteiger partial charge on any atom is 0.268 e. The van der Waals surface area contributed by atoms with Gasteiger partial charge in [0.25, 0.3) is 5.56 Å². The van der Waals surface area contributed by atoms with Gasteiger partial charge in [-0.05, 0) is 53.1 Å². The van der Waals surface area contributed by atoms with Crippen molar-refractivity contribution in [3.05, 3.63) is 54.6 Å². The normalized spacial score (nSPS) is 10.6. The molecule has 0 spiro atoms. The molecule has 0 saturated carbocycles. The number of nitrogens with zero attached hydrogens (tertiary/aromatic N) is 1. The Bertz CT molecular complexity index is 650. The van der Waals surface area contributed by atoms with Gasteiger partial charge in [0, 0.05) is 6.42 Å². The summed E-state index contributed by atoms with van der Waals surface area (Å²) in [6.07, 6.45) is 0.501. The van der Waals surface area contributed by atoms with Crippen LogP contribution >= 0.6 is 22.6 Å². The predicted molar refractivity (Wildman–Crippen MR) is 78.0 cm³/mol. The summed E-state index contributed by atoms with van der Waals surface area (Å²) in [5.74, 6) is 0.263. The van der Waals surface area contributed by atoms with Crippen LogP contribution in [0.4, 0.5) is 0 Å². The number of hydrogen-bond donors (Lipinski definition) is 2. The first-order chi connectivity index (χ1) is 8.47. The van der Waals surface area contributed by atoms with Gasteiger partial charge in [0.15, 0.2) is 0 Å². The summed E-state index contributed by atoms with van der Waals surface area (Å²) in [4.78, 5) is 18.1. The molecule has 0 amide bonds. The van der Waals surface area contributed by atoms with Crippen molar-refractivity contribution in [2.24, 2.45) is 0 Å². The molecular weight excluding hydrogens is 343 g/mol. The number of aryl methyl sites for hydroxylation is 2. The Hall–Kier alpha value is -1.37. The van der Waals surface area contributed by atoms with Gasteiger partial charge in [0.2, 0.25) is 5.88 Å².